The van der Waals surface area contributed by atoms with Crippen molar-refractivity contribution in [1.29, 1.82) is 0 Å². The first kappa shape index (κ1) is 13.7. The highest BCUT2D eigenvalue weighted by Gasteiger charge is 2.38. The second-order valence-corrected chi connectivity index (χ2v) is 3.43. The predicted octanol–water partition coefficient (Wildman–Crippen LogP) is 1.92. The standard InChI is InChI=1S/C10H14F3N3O/c1-3-14-4-8-5-15-6-9(16-8)17-7(2)10(11,12)13/h5-7,14H,3-4H2,1-2H3. The molecular formula is C10H14F3N3O. The molecule has 0 aromatic carbocycles. The first-order valence-electron chi connectivity index (χ1n) is 5.18. The van der Waals surface area contributed by atoms with Crippen molar-refractivity contribution in [3.8, 4) is 5.88 Å². The molecule has 0 radical (unpaired) electrons. The van der Waals surface area contributed by atoms with Gasteiger partial charge in [-0.05, 0) is 13.5 Å². The molecule has 0 saturated heterocycles. The van der Waals surface area contributed by atoms with Crippen LogP contribution in [0.15, 0.2) is 12.4 Å². The smallest absolute Gasteiger partial charge is 0.425 e. The zero-order valence-electron chi connectivity index (χ0n) is 9.58. The molecule has 7 heteroatoms. The van der Waals surface area contributed by atoms with Crippen LogP contribution in [0.1, 0.15) is 19.5 Å². The largest absolute Gasteiger partial charge is 0.464 e. The Bertz CT molecular complexity index is 357. The number of aromatic nitrogens is 2. The van der Waals surface area contributed by atoms with Crippen LogP contribution < -0.4 is 10.1 Å². The van der Waals surface area contributed by atoms with E-state index in [1.807, 2.05) is 6.92 Å². The highest BCUT2D eigenvalue weighted by Crippen LogP contribution is 2.23. The van der Waals surface area contributed by atoms with Gasteiger partial charge in [0.25, 0.3) is 0 Å². The first-order valence-corrected chi connectivity index (χ1v) is 5.18. The van der Waals surface area contributed by atoms with Crippen LogP contribution in [0.25, 0.3) is 0 Å². The Labute approximate surface area is 97.2 Å². The molecule has 0 fully saturated rings. The van der Waals surface area contributed by atoms with Crippen LogP contribution in [-0.2, 0) is 6.54 Å². The summed E-state index contributed by atoms with van der Waals surface area (Å²) in [6.45, 7) is 4.03. The molecule has 1 N–H and O–H groups in total. The summed E-state index contributed by atoms with van der Waals surface area (Å²) >= 11 is 0. The molecule has 0 aliphatic heterocycles. The molecule has 1 aromatic rings. The van der Waals surface area contributed by atoms with E-state index in [0.29, 0.717) is 12.2 Å². The van der Waals surface area contributed by atoms with Crippen LogP contribution in [0.2, 0.25) is 0 Å². The predicted molar refractivity (Wildman–Crippen MR) is 55.6 cm³/mol. The van der Waals surface area contributed by atoms with Gasteiger partial charge in [0.15, 0.2) is 6.10 Å². The summed E-state index contributed by atoms with van der Waals surface area (Å²) in [5.41, 5.74) is 0.540. The molecule has 4 nitrogen and oxygen atoms in total. The summed E-state index contributed by atoms with van der Waals surface area (Å²) < 4.78 is 41.4. The fourth-order valence-corrected chi connectivity index (χ4v) is 1.03. The number of halogens is 3. The van der Waals surface area contributed by atoms with Crippen molar-refractivity contribution in [1.82, 2.24) is 15.3 Å². The van der Waals surface area contributed by atoms with E-state index in [9.17, 15) is 13.2 Å². The second kappa shape index (κ2) is 5.81. The van der Waals surface area contributed by atoms with Crippen molar-refractivity contribution in [2.75, 3.05) is 6.54 Å². The van der Waals surface area contributed by atoms with Gasteiger partial charge in [-0.1, -0.05) is 6.92 Å². The van der Waals surface area contributed by atoms with Crippen LogP contribution in [0, 0.1) is 0 Å². The van der Waals surface area contributed by atoms with Crippen molar-refractivity contribution in [3.05, 3.63) is 18.1 Å². The van der Waals surface area contributed by atoms with E-state index >= 15 is 0 Å². The Morgan fingerprint density at radius 2 is 2.12 bits per heavy atom. The van der Waals surface area contributed by atoms with Gasteiger partial charge in [-0.15, -0.1) is 0 Å². The minimum absolute atomic E-state index is 0.120. The quantitative estimate of drug-likeness (QED) is 0.866. The van der Waals surface area contributed by atoms with Gasteiger partial charge >= 0.3 is 6.18 Å². The summed E-state index contributed by atoms with van der Waals surface area (Å²) in [5, 5.41) is 3.00. The third-order valence-corrected chi connectivity index (χ3v) is 1.98. The maximum Gasteiger partial charge on any atom is 0.425 e. The number of rotatable bonds is 5. The first-order chi connectivity index (χ1) is 7.93. The van der Waals surface area contributed by atoms with E-state index in [1.165, 1.54) is 6.20 Å². The third kappa shape index (κ3) is 4.56. The van der Waals surface area contributed by atoms with E-state index in [1.54, 1.807) is 0 Å². The number of hydrogen-bond donors (Lipinski definition) is 1. The van der Waals surface area contributed by atoms with E-state index in [4.69, 9.17) is 0 Å². The maximum absolute atomic E-state index is 12.3. The Kier molecular flexibility index (Phi) is 4.68. The SMILES string of the molecule is CCNCc1cncc(OC(C)C(F)(F)F)n1. The molecule has 0 spiro atoms. The third-order valence-electron chi connectivity index (χ3n) is 1.98. The Hall–Kier alpha value is -1.37. The van der Waals surface area contributed by atoms with Crippen molar-refractivity contribution >= 4 is 0 Å². The average Bonchev–Trinajstić information content (AvgIpc) is 2.25. The van der Waals surface area contributed by atoms with Gasteiger partial charge in [-0.25, -0.2) is 4.98 Å². The summed E-state index contributed by atoms with van der Waals surface area (Å²) in [6.07, 6.45) is -3.66. The van der Waals surface area contributed by atoms with Crippen molar-refractivity contribution in [3.63, 3.8) is 0 Å². The van der Waals surface area contributed by atoms with Gasteiger partial charge in [0.2, 0.25) is 5.88 Å². The van der Waals surface area contributed by atoms with Crippen molar-refractivity contribution < 1.29 is 17.9 Å². The van der Waals surface area contributed by atoms with Crippen LogP contribution >= 0.6 is 0 Å². The van der Waals surface area contributed by atoms with Crippen LogP contribution in [0.5, 0.6) is 5.88 Å². The van der Waals surface area contributed by atoms with Gasteiger partial charge < -0.3 is 10.1 Å². The topological polar surface area (TPSA) is 47.0 Å². The number of nitrogens with one attached hydrogen (secondary N) is 1. The Balaban J connectivity index is 2.65. The van der Waals surface area contributed by atoms with Crippen molar-refractivity contribution in [2.45, 2.75) is 32.7 Å². The Morgan fingerprint density at radius 1 is 1.41 bits per heavy atom. The van der Waals surface area contributed by atoms with E-state index in [-0.39, 0.29) is 5.88 Å². The summed E-state index contributed by atoms with van der Waals surface area (Å²) in [5.74, 6) is -0.120. The zero-order chi connectivity index (χ0) is 12.9. The van der Waals surface area contributed by atoms with E-state index < -0.39 is 12.3 Å². The van der Waals surface area contributed by atoms with Gasteiger partial charge in [-0.2, -0.15) is 13.2 Å². The Morgan fingerprint density at radius 3 is 2.71 bits per heavy atom. The van der Waals surface area contributed by atoms with Gasteiger partial charge in [0, 0.05) is 12.7 Å². The maximum atomic E-state index is 12.3. The molecule has 0 aliphatic carbocycles. The molecule has 0 aliphatic rings. The van der Waals surface area contributed by atoms with Crippen LogP contribution in [-0.4, -0.2) is 28.8 Å². The normalized spacial score (nSPS) is 13.5. The lowest BCUT2D eigenvalue weighted by Crippen LogP contribution is -2.31. The highest BCUT2D eigenvalue weighted by molar-refractivity contribution is 5.08. The van der Waals surface area contributed by atoms with E-state index in [2.05, 4.69) is 20.0 Å². The number of alkyl halides is 3. The van der Waals surface area contributed by atoms with Gasteiger partial charge in [0.1, 0.15) is 0 Å². The molecule has 0 amide bonds. The minimum Gasteiger partial charge on any atom is -0.464 e. The number of nitrogens with zero attached hydrogens (tertiary/aromatic N) is 2. The number of hydrogen-bond acceptors (Lipinski definition) is 4. The fraction of sp³-hybridized carbons (Fsp3) is 0.600. The second-order valence-electron chi connectivity index (χ2n) is 3.43. The molecule has 1 aromatic heterocycles. The molecule has 0 saturated carbocycles. The van der Waals surface area contributed by atoms with Crippen LogP contribution in [0.4, 0.5) is 13.2 Å². The highest BCUT2D eigenvalue weighted by atomic mass is 19.4. The van der Waals surface area contributed by atoms with Crippen LogP contribution in [0.3, 0.4) is 0 Å². The molecule has 1 rings (SSSR count). The fourth-order valence-electron chi connectivity index (χ4n) is 1.03. The zero-order valence-corrected chi connectivity index (χ0v) is 9.58. The summed E-state index contributed by atoms with van der Waals surface area (Å²) in [4.78, 5) is 7.69. The summed E-state index contributed by atoms with van der Waals surface area (Å²) in [7, 11) is 0. The molecular weight excluding hydrogens is 235 g/mol. The van der Waals surface area contributed by atoms with Crippen molar-refractivity contribution in [2.24, 2.45) is 0 Å². The van der Waals surface area contributed by atoms with E-state index in [0.717, 1.165) is 19.7 Å². The molecule has 96 valence electrons. The summed E-state index contributed by atoms with van der Waals surface area (Å²) in [6, 6.07) is 0. The molecule has 1 atom stereocenters. The lowest BCUT2D eigenvalue weighted by molar-refractivity contribution is -0.190. The average molecular weight is 249 g/mol. The monoisotopic (exact) mass is 249 g/mol. The minimum atomic E-state index is -4.40. The molecule has 17 heavy (non-hydrogen) atoms. The number of ether oxygens (including phenoxy) is 1. The lowest BCUT2D eigenvalue weighted by atomic mass is 10.4. The molecule has 1 unspecified atom stereocenters. The van der Waals surface area contributed by atoms with Gasteiger partial charge in [-0.3, -0.25) is 4.98 Å². The molecule has 1 heterocycles. The van der Waals surface area contributed by atoms with Gasteiger partial charge in [0.05, 0.1) is 11.9 Å². The molecule has 0 bridgehead atoms. The lowest BCUT2D eigenvalue weighted by Gasteiger charge is -2.16.